The first-order valence-corrected chi connectivity index (χ1v) is 8.29. The minimum Gasteiger partial charge on any atom is -0.314 e. The molecule has 1 aliphatic rings. The Hall–Kier alpha value is -0.860. The summed E-state index contributed by atoms with van der Waals surface area (Å²) in [5.41, 5.74) is 1.48. The van der Waals surface area contributed by atoms with Gasteiger partial charge in [0.25, 0.3) is 0 Å². The normalized spacial score (nSPS) is 19.1. The van der Waals surface area contributed by atoms with Crippen LogP contribution >= 0.6 is 0 Å². The molecular weight excluding hydrogens is 244 g/mol. The second-order valence-corrected chi connectivity index (χ2v) is 6.11. The van der Waals surface area contributed by atoms with E-state index >= 15 is 0 Å². The van der Waals surface area contributed by atoms with Crippen LogP contribution in [0.1, 0.15) is 38.7 Å². The highest BCUT2D eigenvalue weighted by Gasteiger charge is 2.22. The number of piperidine rings is 1. The van der Waals surface area contributed by atoms with E-state index in [1.54, 1.807) is 0 Å². The van der Waals surface area contributed by atoms with Crippen molar-refractivity contribution < 1.29 is 0 Å². The van der Waals surface area contributed by atoms with Crippen LogP contribution in [0, 0.1) is 5.92 Å². The number of rotatable bonds is 7. The van der Waals surface area contributed by atoms with Gasteiger partial charge in [-0.2, -0.15) is 0 Å². The number of hydrogen-bond donors (Lipinski definition) is 1. The minimum atomic E-state index is 0.687. The molecule has 1 unspecified atom stereocenters. The lowest BCUT2D eigenvalue weighted by atomic mass is 9.90. The fourth-order valence-electron chi connectivity index (χ4n) is 3.32. The highest BCUT2D eigenvalue weighted by molar-refractivity contribution is 5.14. The smallest absolute Gasteiger partial charge is 0.00678 e. The predicted molar refractivity (Wildman–Crippen MR) is 87.1 cm³/mol. The molecule has 1 atom stereocenters. The van der Waals surface area contributed by atoms with Crippen molar-refractivity contribution in [3.63, 3.8) is 0 Å². The molecule has 0 radical (unpaired) electrons. The topological polar surface area (TPSA) is 15.3 Å². The molecule has 2 heteroatoms. The summed E-state index contributed by atoms with van der Waals surface area (Å²) in [5.74, 6) is 0.875. The van der Waals surface area contributed by atoms with Crippen molar-refractivity contribution in [1.29, 1.82) is 0 Å². The third kappa shape index (κ3) is 4.92. The lowest BCUT2D eigenvalue weighted by Crippen LogP contribution is -2.42. The monoisotopic (exact) mass is 274 g/mol. The molecule has 0 aliphatic carbocycles. The van der Waals surface area contributed by atoms with Gasteiger partial charge >= 0.3 is 0 Å². The Labute approximate surface area is 124 Å². The van der Waals surface area contributed by atoms with Crippen LogP contribution in [0.2, 0.25) is 0 Å². The van der Waals surface area contributed by atoms with E-state index in [0.29, 0.717) is 6.04 Å². The van der Waals surface area contributed by atoms with Crippen molar-refractivity contribution in [3.8, 4) is 0 Å². The second-order valence-electron chi connectivity index (χ2n) is 6.11. The molecule has 0 bridgehead atoms. The van der Waals surface area contributed by atoms with Gasteiger partial charge in [-0.15, -0.1) is 0 Å². The molecule has 0 spiro atoms. The zero-order valence-corrected chi connectivity index (χ0v) is 13.1. The van der Waals surface area contributed by atoms with Crippen molar-refractivity contribution in [3.05, 3.63) is 35.9 Å². The molecule has 1 N–H and O–H groups in total. The maximum atomic E-state index is 3.58. The van der Waals surface area contributed by atoms with Gasteiger partial charge in [0.15, 0.2) is 0 Å². The van der Waals surface area contributed by atoms with Crippen molar-refractivity contribution in [2.75, 3.05) is 26.2 Å². The van der Waals surface area contributed by atoms with Gasteiger partial charge in [-0.25, -0.2) is 0 Å². The van der Waals surface area contributed by atoms with E-state index in [0.717, 1.165) is 12.5 Å². The summed E-state index contributed by atoms with van der Waals surface area (Å²) in [6.07, 6.45) is 5.23. The Morgan fingerprint density at radius 2 is 1.90 bits per heavy atom. The molecule has 1 aromatic carbocycles. The van der Waals surface area contributed by atoms with E-state index < -0.39 is 0 Å². The van der Waals surface area contributed by atoms with Crippen LogP contribution < -0.4 is 5.32 Å². The van der Waals surface area contributed by atoms with Crippen LogP contribution in [0.3, 0.4) is 0 Å². The molecular formula is C18H30N2. The van der Waals surface area contributed by atoms with Gasteiger partial charge in [-0.3, -0.25) is 0 Å². The Balaban J connectivity index is 1.62. The SMILES string of the molecule is CCNC(C)C1CCN(CCCc2ccccc2)CC1. The first-order valence-electron chi connectivity index (χ1n) is 8.29. The lowest BCUT2D eigenvalue weighted by Gasteiger charge is -2.35. The van der Waals surface area contributed by atoms with Crippen LogP contribution in [-0.4, -0.2) is 37.1 Å². The molecule has 20 heavy (non-hydrogen) atoms. The molecule has 0 aromatic heterocycles. The Kier molecular flexibility index (Phi) is 6.55. The van der Waals surface area contributed by atoms with E-state index in [-0.39, 0.29) is 0 Å². The van der Waals surface area contributed by atoms with Crippen molar-refractivity contribution in [1.82, 2.24) is 10.2 Å². The van der Waals surface area contributed by atoms with E-state index in [1.807, 2.05) is 0 Å². The summed E-state index contributed by atoms with van der Waals surface area (Å²) in [6.45, 7) is 9.48. The summed E-state index contributed by atoms with van der Waals surface area (Å²) in [7, 11) is 0. The van der Waals surface area contributed by atoms with Gasteiger partial charge < -0.3 is 10.2 Å². The molecule has 2 nitrogen and oxygen atoms in total. The molecule has 1 fully saturated rings. The highest BCUT2D eigenvalue weighted by Crippen LogP contribution is 2.20. The molecule has 1 heterocycles. The van der Waals surface area contributed by atoms with Gasteiger partial charge in [-0.05, 0) is 70.3 Å². The fraction of sp³-hybridized carbons (Fsp3) is 0.667. The Bertz CT molecular complexity index is 355. The summed E-state index contributed by atoms with van der Waals surface area (Å²) >= 11 is 0. The number of likely N-dealkylation sites (tertiary alicyclic amines) is 1. The van der Waals surface area contributed by atoms with E-state index in [4.69, 9.17) is 0 Å². The van der Waals surface area contributed by atoms with Crippen LogP contribution in [0.25, 0.3) is 0 Å². The quantitative estimate of drug-likeness (QED) is 0.820. The number of nitrogens with zero attached hydrogens (tertiary/aromatic N) is 1. The minimum absolute atomic E-state index is 0.687. The number of nitrogens with one attached hydrogen (secondary N) is 1. The summed E-state index contributed by atoms with van der Waals surface area (Å²) in [5, 5.41) is 3.58. The average Bonchev–Trinajstić information content (AvgIpc) is 2.49. The van der Waals surface area contributed by atoms with Gasteiger partial charge in [0.2, 0.25) is 0 Å². The zero-order chi connectivity index (χ0) is 14.2. The molecule has 1 aromatic rings. The maximum Gasteiger partial charge on any atom is 0.00678 e. The van der Waals surface area contributed by atoms with Crippen molar-refractivity contribution in [2.24, 2.45) is 5.92 Å². The van der Waals surface area contributed by atoms with E-state index in [2.05, 4.69) is 54.4 Å². The molecule has 2 rings (SSSR count). The molecule has 0 saturated carbocycles. The van der Waals surface area contributed by atoms with Crippen LogP contribution in [0.4, 0.5) is 0 Å². The van der Waals surface area contributed by atoms with Gasteiger partial charge in [0.05, 0.1) is 0 Å². The summed E-state index contributed by atoms with van der Waals surface area (Å²) in [6, 6.07) is 11.5. The molecule has 1 aliphatic heterocycles. The highest BCUT2D eigenvalue weighted by atomic mass is 15.1. The third-order valence-corrected chi connectivity index (χ3v) is 4.65. The molecule has 0 amide bonds. The van der Waals surface area contributed by atoms with Gasteiger partial charge in [0, 0.05) is 6.04 Å². The average molecular weight is 274 g/mol. The number of benzene rings is 1. The van der Waals surface area contributed by atoms with E-state index in [9.17, 15) is 0 Å². The number of hydrogen-bond acceptors (Lipinski definition) is 2. The second kappa shape index (κ2) is 8.43. The number of aryl methyl sites for hydroxylation is 1. The molecule has 1 saturated heterocycles. The summed E-state index contributed by atoms with van der Waals surface area (Å²) < 4.78 is 0. The van der Waals surface area contributed by atoms with E-state index in [1.165, 1.54) is 50.9 Å². The fourth-order valence-corrected chi connectivity index (χ4v) is 3.32. The maximum absolute atomic E-state index is 3.58. The third-order valence-electron chi connectivity index (χ3n) is 4.65. The van der Waals surface area contributed by atoms with Crippen LogP contribution in [-0.2, 0) is 6.42 Å². The first-order chi connectivity index (χ1) is 9.79. The van der Waals surface area contributed by atoms with Crippen molar-refractivity contribution >= 4 is 0 Å². The van der Waals surface area contributed by atoms with Gasteiger partial charge in [-0.1, -0.05) is 37.3 Å². The van der Waals surface area contributed by atoms with Crippen LogP contribution in [0.15, 0.2) is 30.3 Å². The first kappa shape index (κ1) is 15.5. The largest absolute Gasteiger partial charge is 0.314 e. The predicted octanol–water partition coefficient (Wildman–Crippen LogP) is 3.33. The van der Waals surface area contributed by atoms with Gasteiger partial charge in [0.1, 0.15) is 0 Å². The van der Waals surface area contributed by atoms with Crippen LogP contribution in [0.5, 0.6) is 0 Å². The Morgan fingerprint density at radius 1 is 1.20 bits per heavy atom. The standard InChI is InChI=1S/C18H30N2/c1-3-19-16(2)18-11-14-20(15-12-18)13-7-10-17-8-5-4-6-9-17/h4-6,8-9,16,18-19H,3,7,10-15H2,1-2H3. The van der Waals surface area contributed by atoms with Crippen molar-refractivity contribution in [2.45, 2.75) is 45.6 Å². The molecule has 112 valence electrons. The Morgan fingerprint density at radius 3 is 2.55 bits per heavy atom. The summed E-state index contributed by atoms with van der Waals surface area (Å²) in [4.78, 5) is 2.65. The zero-order valence-electron chi connectivity index (χ0n) is 13.1. The lowest BCUT2D eigenvalue weighted by molar-refractivity contribution is 0.162.